The van der Waals surface area contributed by atoms with E-state index in [0.717, 1.165) is 45.7 Å². The first-order valence-electron chi connectivity index (χ1n) is 7.87. The summed E-state index contributed by atoms with van der Waals surface area (Å²) >= 11 is 0. The van der Waals surface area contributed by atoms with Crippen molar-refractivity contribution in [3.8, 4) is 0 Å². The average Bonchev–Trinajstić information content (AvgIpc) is 2.94. The maximum atomic E-state index is 12.5. The fraction of sp³-hybridized carbons (Fsp3) is 0.625. The first-order chi connectivity index (χ1) is 10.2. The molecule has 21 heavy (non-hydrogen) atoms. The van der Waals surface area contributed by atoms with Crippen LogP contribution in [0.15, 0.2) is 24.5 Å². The molecule has 2 aliphatic rings. The fourth-order valence-corrected chi connectivity index (χ4v) is 3.24. The summed E-state index contributed by atoms with van der Waals surface area (Å²) in [4.78, 5) is 21.1. The van der Waals surface area contributed by atoms with Gasteiger partial charge in [0.25, 0.3) is 0 Å². The molecule has 3 rings (SSSR count). The normalized spacial score (nSPS) is 27.0. The lowest BCUT2D eigenvalue weighted by Gasteiger charge is -2.36. The first-order valence-corrected chi connectivity index (χ1v) is 7.87. The van der Waals surface area contributed by atoms with Gasteiger partial charge in [-0.25, -0.2) is 0 Å². The van der Waals surface area contributed by atoms with Crippen molar-refractivity contribution in [3.63, 3.8) is 0 Å². The molecule has 5 nitrogen and oxygen atoms in total. The topological polar surface area (TPSA) is 48.5 Å². The van der Waals surface area contributed by atoms with Gasteiger partial charge in [-0.2, -0.15) is 0 Å². The predicted octanol–water partition coefficient (Wildman–Crippen LogP) is 0.724. The number of aromatic nitrogens is 1. The molecule has 1 N–H and O–H groups in total. The summed E-state index contributed by atoms with van der Waals surface area (Å²) < 4.78 is 0. The molecule has 0 saturated carbocycles. The zero-order valence-electron chi connectivity index (χ0n) is 12.7. The van der Waals surface area contributed by atoms with Gasteiger partial charge in [0.15, 0.2) is 0 Å². The van der Waals surface area contributed by atoms with Crippen molar-refractivity contribution in [3.05, 3.63) is 30.1 Å². The number of carbonyl (C=O) groups excluding carboxylic acids is 1. The zero-order valence-corrected chi connectivity index (χ0v) is 12.7. The maximum absolute atomic E-state index is 12.5. The second kappa shape index (κ2) is 6.54. The van der Waals surface area contributed by atoms with Crippen LogP contribution in [0.4, 0.5) is 0 Å². The molecule has 0 spiro atoms. The van der Waals surface area contributed by atoms with E-state index in [1.807, 2.05) is 17.2 Å². The Morgan fingerprint density at radius 1 is 1.38 bits per heavy atom. The summed E-state index contributed by atoms with van der Waals surface area (Å²) in [5, 5.41) is 3.34. The smallest absolute Gasteiger partial charge is 0.240 e. The fourth-order valence-electron chi connectivity index (χ4n) is 3.24. The molecule has 5 heteroatoms. The molecule has 114 valence electrons. The van der Waals surface area contributed by atoms with Crippen LogP contribution < -0.4 is 5.32 Å². The number of piperazine rings is 1. The van der Waals surface area contributed by atoms with Crippen molar-refractivity contribution in [2.75, 3.05) is 32.7 Å². The summed E-state index contributed by atoms with van der Waals surface area (Å²) in [7, 11) is 0. The summed E-state index contributed by atoms with van der Waals surface area (Å²) in [6.45, 7) is 7.63. The van der Waals surface area contributed by atoms with Gasteiger partial charge in [-0.15, -0.1) is 0 Å². The van der Waals surface area contributed by atoms with Crippen LogP contribution in [0.3, 0.4) is 0 Å². The summed E-state index contributed by atoms with van der Waals surface area (Å²) in [5.74, 6) is 0.756. The summed E-state index contributed by atoms with van der Waals surface area (Å²) in [6, 6.07) is 4.12. The number of hydrogen-bond donors (Lipinski definition) is 1. The van der Waals surface area contributed by atoms with Crippen molar-refractivity contribution in [1.82, 2.24) is 20.1 Å². The molecule has 2 fully saturated rings. The highest BCUT2D eigenvalue weighted by molar-refractivity contribution is 5.82. The van der Waals surface area contributed by atoms with Crippen LogP contribution >= 0.6 is 0 Å². The van der Waals surface area contributed by atoms with E-state index >= 15 is 0 Å². The van der Waals surface area contributed by atoms with Crippen molar-refractivity contribution < 1.29 is 4.79 Å². The van der Waals surface area contributed by atoms with Crippen LogP contribution in [-0.2, 0) is 11.3 Å². The van der Waals surface area contributed by atoms with Gasteiger partial charge in [0, 0.05) is 45.1 Å². The molecule has 1 aromatic rings. The molecule has 2 unspecified atom stereocenters. The number of nitrogens with one attached hydrogen (secondary N) is 1. The van der Waals surface area contributed by atoms with E-state index in [9.17, 15) is 4.79 Å². The maximum Gasteiger partial charge on any atom is 0.240 e. The average molecular weight is 288 g/mol. The highest BCUT2D eigenvalue weighted by Gasteiger charge is 2.33. The van der Waals surface area contributed by atoms with E-state index in [4.69, 9.17) is 0 Å². The summed E-state index contributed by atoms with van der Waals surface area (Å²) in [5.41, 5.74) is 1.24. The predicted molar refractivity (Wildman–Crippen MR) is 81.7 cm³/mol. The molecule has 0 bridgehead atoms. The zero-order chi connectivity index (χ0) is 14.7. The SMILES string of the molecule is CC1CCNC1C(=O)N1CCN(Cc2cccnc2)CC1. The Labute approximate surface area is 126 Å². The van der Waals surface area contributed by atoms with Crippen molar-refractivity contribution in [1.29, 1.82) is 0 Å². The Kier molecular flexibility index (Phi) is 4.51. The van der Waals surface area contributed by atoms with Crippen molar-refractivity contribution in [2.24, 2.45) is 5.92 Å². The number of amides is 1. The van der Waals surface area contributed by atoms with E-state index in [2.05, 4.69) is 28.2 Å². The highest BCUT2D eigenvalue weighted by atomic mass is 16.2. The third-order valence-corrected chi connectivity index (χ3v) is 4.61. The van der Waals surface area contributed by atoms with Crippen LogP contribution in [0.5, 0.6) is 0 Å². The van der Waals surface area contributed by atoms with Gasteiger partial charge < -0.3 is 10.2 Å². The monoisotopic (exact) mass is 288 g/mol. The molecule has 3 heterocycles. The Balaban J connectivity index is 1.50. The quantitative estimate of drug-likeness (QED) is 0.890. The third-order valence-electron chi connectivity index (χ3n) is 4.61. The second-order valence-corrected chi connectivity index (χ2v) is 6.16. The minimum atomic E-state index is 0.0369. The second-order valence-electron chi connectivity index (χ2n) is 6.16. The minimum Gasteiger partial charge on any atom is -0.339 e. The molecule has 0 aliphatic carbocycles. The lowest BCUT2D eigenvalue weighted by Crippen LogP contribution is -2.53. The van der Waals surface area contributed by atoms with Crippen LogP contribution in [-0.4, -0.2) is 59.5 Å². The Morgan fingerprint density at radius 2 is 2.19 bits per heavy atom. The van der Waals surface area contributed by atoms with Gasteiger partial charge in [0.1, 0.15) is 0 Å². The number of pyridine rings is 1. The Morgan fingerprint density at radius 3 is 2.81 bits per heavy atom. The minimum absolute atomic E-state index is 0.0369. The number of nitrogens with zero attached hydrogens (tertiary/aromatic N) is 3. The van der Waals surface area contributed by atoms with E-state index in [1.165, 1.54) is 5.56 Å². The van der Waals surface area contributed by atoms with Gasteiger partial charge in [-0.3, -0.25) is 14.7 Å². The first kappa shape index (κ1) is 14.5. The van der Waals surface area contributed by atoms with Crippen molar-refractivity contribution >= 4 is 5.91 Å². The Bertz CT molecular complexity index is 470. The molecule has 2 atom stereocenters. The van der Waals surface area contributed by atoms with E-state index in [-0.39, 0.29) is 6.04 Å². The van der Waals surface area contributed by atoms with Gasteiger partial charge in [-0.1, -0.05) is 13.0 Å². The largest absolute Gasteiger partial charge is 0.339 e. The third kappa shape index (κ3) is 3.41. The van der Waals surface area contributed by atoms with Crippen LogP contribution in [0.25, 0.3) is 0 Å². The molecule has 1 aromatic heterocycles. The molecule has 2 saturated heterocycles. The molecular formula is C16H24N4O. The molecule has 0 aromatic carbocycles. The lowest BCUT2D eigenvalue weighted by atomic mass is 10.0. The van der Waals surface area contributed by atoms with Crippen molar-refractivity contribution in [2.45, 2.75) is 25.9 Å². The standard InChI is InChI=1S/C16H24N4O/c1-13-4-6-18-15(13)16(21)20-9-7-19(8-10-20)12-14-3-2-5-17-11-14/h2-3,5,11,13,15,18H,4,6-10,12H2,1H3. The van der Waals surface area contributed by atoms with Gasteiger partial charge in [0.05, 0.1) is 6.04 Å². The lowest BCUT2D eigenvalue weighted by molar-refractivity contribution is -0.135. The van der Waals surface area contributed by atoms with Gasteiger partial charge in [-0.05, 0) is 30.5 Å². The highest BCUT2D eigenvalue weighted by Crippen LogP contribution is 2.18. The molecule has 0 radical (unpaired) electrons. The van der Waals surface area contributed by atoms with E-state index in [1.54, 1.807) is 6.20 Å². The molecule has 1 amide bonds. The van der Waals surface area contributed by atoms with Crippen LogP contribution in [0, 0.1) is 5.92 Å². The molecular weight excluding hydrogens is 264 g/mol. The summed E-state index contributed by atoms with van der Waals surface area (Å²) in [6.07, 6.45) is 4.83. The number of hydrogen-bond acceptors (Lipinski definition) is 4. The Hall–Kier alpha value is -1.46. The van der Waals surface area contributed by atoms with E-state index < -0.39 is 0 Å². The van der Waals surface area contributed by atoms with Gasteiger partial charge in [0.2, 0.25) is 5.91 Å². The number of rotatable bonds is 3. The van der Waals surface area contributed by atoms with Gasteiger partial charge >= 0.3 is 0 Å². The van der Waals surface area contributed by atoms with E-state index in [0.29, 0.717) is 11.8 Å². The number of carbonyl (C=O) groups is 1. The van der Waals surface area contributed by atoms with Crippen LogP contribution in [0.2, 0.25) is 0 Å². The van der Waals surface area contributed by atoms with Crippen LogP contribution in [0.1, 0.15) is 18.9 Å². The molecule has 2 aliphatic heterocycles.